The third-order valence-corrected chi connectivity index (χ3v) is 14.2. The predicted molar refractivity (Wildman–Crippen MR) is 204 cm³/mol. The highest BCUT2D eigenvalue weighted by atomic mass is 16.7. The smallest absolute Gasteiger partial charge is 0.311 e. The molecule has 4 aliphatic heterocycles. The van der Waals surface area contributed by atoms with Crippen LogP contribution in [0, 0.1) is 29.6 Å². The number of carbonyl (C=O) groups excluding carboxylic acids is 2. The topological polar surface area (TPSA) is 186 Å². The van der Waals surface area contributed by atoms with Crippen LogP contribution in [0.2, 0.25) is 0 Å². The van der Waals surface area contributed by atoms with Gasteiger partial charge in [-0.1, -0.05) is 27.7 Å². The summed E-state index contributed by atoms with van der Waals surface area (Å²) in [6.45, 7) is 17.4. The molecule has 0 bridgehead atoms. The fourth-order valence-corrected chi connectivity index (χ4v) is 10.3. The molecule has 324 valence electrons. The number of hydrogen-bond acceptors (Lipinski definition) is 15. The van der Waals surface area contributed by atoms with E-state index in [0.717, 1.165) is 13.0 Å². The van der Waals surface area contributed by atoms with Crippen molar-refractivity contribution in [3.63, 3.8) is 0 Å². The van der Waals surface area contributed by atoms with Gasteiger partial charge in [0.1, 0.15) is 23.6 Å². The molecular weight excluding hydrogens is 728 g/mol. The zero-order valence-corrected chi connectivity index (χ0v) is 35.9. The average Bonchev–Trinajstić information content (AvgIpc) is 3.41. The lowest BCUT2D eigenvalue weighted by Gasteiger charge is -2.51. The van der Waals surface area contributed by atoms with Crippen molar-refractivity contribution in [3.8, 4) is 0 Å². The number of likely N-dealkylation sites (tertiary alicyclic amines) is 1. The SMILES string of the molecule is CO[C@]1(C)C[C@H](O[C@H]2[C@H](C)[C@@H](O[C@@H]3O[C@H](C)C[C@@H](N4CC[C@@H](O)C4)[C@@H]3N(C)C)[C@@](C)(OC)C[C@@H](C)C(=O)[C@H](C)[C@@H](O)[C@@]3(O)C(C)[C@H]3OC(=O)[C@@H]2C)O[C@@H](C)[C@@H]1O. The van der Waals surface area contributed by atoms with Gasteiger partial charge < -0.3 is 58.5 Å². The number of Topliss-reactive ketones (excluding diaryl/α,β-unsaturated/α-hetero) is 1. The van der Waals surface area contributed by atoms with Gasteiger partial charge in [0.2, 0.25) is 0 Å². The third-order valence-electron chi connectivity index (χ3n) is 14.2. The summed E-state index contributed by atoms with van der Waals surface area (Å²) < 4.78 is 45.1. The Morgan fingerprint density at radius 2 is 1.50 bits per heavy atom. The number of methoxy groups -OCH3 is 2. The van der Waals surface area contributed by atoms with E-state index in [-0.39, 0.29) is 36.8 Å². The Hall–Kier alpha value is -1.34. The van der Waals surface area contributed by atoms with Crippen LogP contribution in [0.1, 0.15) is 88.0 Å². The zero-order chi connectivity index (χ0) is 41.8. The second kappa shape index (κ2) is 17.3. The average molecular weight is 801 g/mol. The van der Waals surface area contributed by atoms with E-state index in [1.54, 1.807) is 48.7 Å². The van der Waals surface area contributed by atoms with Crippen LogP contribution in [0.4, 0.5) is 0 Å². The van der Waals surface area contributed by atoms with Crippen LogP contribution in [0.5, 0.6) is 0 Å². The van der Waals surface area contributed by atoms with Gasteiger partial charge in [-0.25, -0.2) is 0 Å². The summed E-state index contributed by atoms with van der Waals surface area (Å²) in [4.78, 5) is 32.7. The van der Waals surface area contributed by atoms with Gasteiger partial charge in [0.25, 0.3) is 0 Å². The van der Waals surface area contributed by atoms with Gasteiger partial charge in [0.15, 0.2) is 12.6 Å². The molecule has 0 aromatic rings. The van der Waals surface area contributed by atoms with Crippen molar-refractivity contribution in [1.29, 1.82) is 0 Å². The lowest BCUT2D eigenvalue weighted by Crippen LogP contribution is -2.64. The van der Waals surface area contributed by atoms with Crippen molar-refractivity contribution >= 4 is 11.8 Å². The summed E-state index contributed by atoms with van der Waals surface area (Å²) >= 11 is 0. The van der Waals surface area contributed by atoms with Crippen LogP contribution in [0.15, 0.2) is 0 Å². The quantitative estimate of drug-likeness (QED) is 0.260. The first-order valence-corrected chi connectivity index (χ1v) is 20.7. The number of aliphatic hydroxyl groups excluding tert-OH is 3. The van der Waals surface area contributed by atoms with E-state index in [9.17, 15) is 30.0 Å². The van der Waals surface area contributed by atoms with Crippen molar-refractivity contribution in [1.82, 2.24) is 9.80 Å². The van der Waals surface area contributed by atoms with Gasteiger partial charge in [-0.15, -0.1) is 0 Å². The van der Waals surface area contributed by atoms with Crippen molar-refractivity contribution in [2.24, 2.45) is 29.6 Å². The fraction of sp³-hybridized carbons (Fsp3) is 0.951. The Balaban J connectivity index is 1.60. The van der Waals surface area contributed by atoms with Gasteiger partial charge in [0.05, 0.1) is 59.8 Å². The van der Waals surface area contributed by atoms with Crippen LogP contribution in [-0.2, 0) is 42.7 Å². The molecule has 15 nitrogen and oxygen atoms in total. The summed E-state index contributed by atoms with van der Waals surface area (Å²) in [7, 11) is 7.04. The number of ketones is 1. The molecule has 1 saturated carbocycles. The largest absolute Gasteiger partial charge is 0.458 e. The number of rotatable bonds is 8. The van der Waals surface area contributed by atoms with Crippen LogP contribution >= 0.6 is 0 Å². The fourth-order valence-electron chi connectivity index (χ4n) is 10.3. The predicted octanol–water partition coefficient (Wildman–Crippen LogP) is 1.73. The number of likely N-dealkylation sites (N-methyl/N-ethyl adjacent to an activating group) is 1. The van der Waals surface area contributed by atoms with Crippen molar-refractivity contribution < 1.29 is 63.2 Å². The summed E-state index contributed by atoms with van der Waals surface area (Å²) in [5.41, 5.74) is -4.01. The van der Waals surface area contributed by atoms with Gasteiger partial charge in [-0.3, -0.25) is 14.5 Å². The molecule has 5 aliphatic rings. The molecule has 4 saturated heterocycles. The summed E-state index contributed by atoms with van der Waals surface area (Å²) in [5, 5.41) is 44.6. The second-order valence-electron chi connectivity index (χ2n) is 18.5. The minimum Gasteiger partial charge on any atom is -0.458 e. The maximum absolute atomic E-state index is 14.2. The Bertz CT molecular complexity index is 1370. The lowest BCUT2D eigenvalue weighted by atomic mass is 9.75. The number of nitrogens with zero attached hydrogens (tertiary/aromatic N) is 2. The van der Waals surface area contributed by atoms with E-state index in [4.69, 9.17) is 33.2 Å². The second-order valence-corrected chi connectivity index (χ2v) is 18.5. The Morgan fingerprint density at radius 1 is 0.857 bits per heavy atom. The summed E-state index contributed by atoms with van der Waals surface area (Å²) in [5.74, 6) is -4.78. The summed E-state index contributed by atoms with van der Waals surface area (Å²) in [6.07, 6.45) is -6.55. The molecule has 15 heteroatoms. The molecule has 4 heterocycles. The highest BCUT2D eigenvalue weighted by molar-refractivity contribution is 5.84. The highest BCUT2D eigenvalue weighted by Gasteiger charge is 2.70. The Labute approximate surface area is 333 Å². The monoisotopic (exact) mass is 801 g/mol. The van der Waals surface area contributed by atoms with E-state index >= 15 is 0 Å². The minimum absolute atomic E-state index is 0.00291. The number of carbonyl (C=O) groups is 2. The Morgan fingerprint density at radius 3 is 2.07 bits per heavy atom. The number of hydrogen-bond donors (Lipinski definition) is 4. The molecule has 20 atom stereocenters. The zero-order valence-electron chi connectivity index (χ0n) is 35.9. The van der Waals surface area contributed by atoms with Crippen molar-refractivity contribution in [2.45, 2.75) is 178 Å². The molecule has 4 N–H and O–H groups in total. The standard InChI is InChI=1S/C41H72N2O13/c1-20-17-40(9,51-13)35(56-38-30(42(10)11)28(16-21(2)52-38)43-15-14-27(44)19-43)23(4)32(54-29-18-39(8,50-12)34(47)26(7)53-29)24(5)37(48)55-36-25(6)41(36,49)33(46)22(3)31(20)45/h20-30,32-36,38,44,46-47,49H,14-19H2,1-13H3/t20-,21-,22+,23+,24-,25?,26+,27-,28-,29+,30+,32+,33-,34+,35-,36-,38+,39-,40+,41+/m1/s1. The number of aliphatic hydroxyl groups is 4. The number of β-amino-alcohol motifs (C(OH)–C–C–N with tert-alkyl or cyclic N) is 1. The molecule has 56 heavy (non-hydrogen) atoms. The molecule has 0 amide bonds. The maximum atomic E-state index is 14.2. The van der Waals surface area contributed by atoms with Crippen molar-refractivity contribution in [2.75, 3.05) is 41.4 Å². The van der Waals surface area contributed by atoms with Crippen molar-refractivity contribution in [3.05, 3.63) is 0 Å². The van der Waals surface area contributed by atoms with Gasteiger partial charge in [-0.05, 0) is 68.0 Å². The molecule has 5 rings (SSSR count). The van der Waals surface area contributed by atoms with E-state index in [1.165, 1.54) is 7.11 Å². The first kappa shape index (κ1) is 45.7. The molecule has 5 fully saturated rings. The summed E-state index contributed by atoms with van der Waals surface area (Å²) in [6, 6.07) is -0.272. The van der Waals surface area contributed by atoms with E-state index in [2.05, 4.69) is 9.80 Å². The van der Waals surface area contributed by atoms with Gasteiger partial charge >= 0.3 is 5.97 Å². The van der Waals surface area contributed by atoms with E-state index in [1.807, 2.05) is 34.9 Å². The van der Waals surface area contributed by atoms with Crippen LogP contribution in [0.25, 0.3) is 0 Å². The molecule has 0 radical (unpaired) electrons. The normalized spacial score (nSPS) is 51.4. The number of ether oxygens (including phenoxy) is 7. The van der Waals surface area contributed by atoms with Crippen LogP contribution in [0.3, 0.4) is 0 Å². The van der Waals surface area contributed by atoms with Crippen LogP contribution < -0.4 is 0 Å². The maximum Gasteiger partial charge on any atom is 0.311 e. The molecule has 1 unspecified atom stereocenters. The first-order valence-electron chi connectivity index (χ1n) is 20.7. The van der Waals surface area contributed by atoms with Crippen LogP contribution in [-0.4, -0.2) is 174 Å². The van der Waals surface area contributed by atoms with Gasteiger partial charge in [-0.2, -0.15) is 0 Å². The molecule has 0 aromatic heterocycles. The number of esters is 1. The molecule has 1 aliphatic carbocycles. The van der Waals surface area contributed by atoms with E-state index < -0.39 is 108 Å². The van der Waals surface area contributed by atoms with Gasteiger partial charge in [0, 0.05) is 63.4 Å². The number of fused-ring (bicyclic) bond motifs is 1. The highest BCUT2D eigenvalue weighted by Crippen LogP contribution is 2.52. The molecule has 0 spiro atoms. The third kappa shape index (κ3) is 8.62. The molecular formula is C41H72N2O13. The first-order chi connectivity index (χ1) is 26.0. The molecule has 0 aromatic carbocycles. The minimum atomic E-state index is -1.80. The van der Waals surface area contributed by atoms with E-state index in [0.29, 0.717) is 13.0 Å². The lowest BCUT2D eigenvalue weighted by molar-refractivity contribution is -0.314. The Kier molecular flexibility index (Phi) is 14.2.